The summed E-state index contributed by atoms with van der Waals surface area (Å²) < 4.78 is 29.9. The number of hydrogen-bond donors (Lipinski definition) is 0. The van der Waals surface area contributed by atoms with Crippen LogP contribution in [0.5, 0.6) is 11.6 Å². The minimum Gasteiger partial charge on any atom is -0.434 e. The van der Waals surface area contributed by atoms with Crippen molar-refractivity contribution in [2.24, 2.45) is 0 Å². The molecule has 0 amide bonds. The fourth-order valence-electron chi connectivity index (χ4n) is 1.41. The van der Waals surface area contributed by atoms with Crippen LogP contribution in [0.2, 0.25) is 0 Å². The molecule has 0 bridgehead atoms. The molecule has 2 aromatic heterocycles. The van der Waals surface area contributed by atoms with Crippen LogP contribution in [0.15, 0.2) is 35.6 Å². The zero-order valence-electron chi connectivity index (χ0n) is 10.3. The van der Waals surface area contributed by atoms with Crippen molar-refractivity contribution in [3.63, 3.8) is 0 Å². The van der Waals surface area contributed by atoms with Crippen LogP contribution in [-0.4, -0.2) is 23.2 Å². The molecule has 0 saturated heterocycles. The van der Waals surface area contributed by atoms with Gasteiger partial charge in [-0.25, -0.2) is 13.4 Å². The molecule has 0 spiro atoms. The minimum atomic E-state index is -3.91. The van der Waals surface area contributed by atoms with Gasteiger partial charge in [-0.15, -0.1) is 0 Å². The SMILES string of the molecule is CC(C)n1cc(Oc2ncccc2S(=O)(=O)Cl)cn1. The van der Waals surface area contributed by atoms with E-state index in [1.54, 1.807) is 10.9 Å². The normalized spacial score (nSPS) is 11.8. The van der Waals surface area contributed by atoms with Crippen molar-refractivity contribution in [3.05, 3.63) is 30.7 Å². The summed E-state index contributed by atoms with van der Waals surface area (Å²) in [7, 11) is 1.41. The molecule has 0 unspecified atom stereocenters. The first kappa shape index (κ1) is 13.8. The summed E-state index contributed by atoms with van der Waals surface area (Å²) in [6.45, 7) is 3.93. The second kappa shape index (κ2) is 5.18. The fraction of sp³-hybridized carbons (Fsp3) is 0.273. The highest BCUT2D eigenvalue weighted by atomic mass is 35.7. The molecule has 102 valence electrons. The van der Waals surface area contributed by atoms with E-state index in [0.29, 0.717) is 5.75 Å². The van der Waals surface area contributed by atoms with E-state index in [2.05, 4.69) is 10.1 Å². The van der Waals surface area contributed by atoms with Crippen molar-refractivity contribution in [2.45, 2.75) is 24.8 Å². The first-order valence-corrected chi connectivity index (χ1v) is 7.80. The van der Waals surface area contributed by atoms with E-state index in [4.69, 9.17) is 15.4 Å². The van der Waals surface area contributed by atoms with Crippen molar-refractivity contribution in [2.75, 3.05) is 0 Å². The number of ether oxygens (including phenoxy) is 1. The van der Waals surface area contributed by atoms with Crippen LogP contribution in [0.4, 0.5) is 0 Å². The number of pyridine rings is 1. The molecule has 6 nitrogen and oxygen atoms in total. The summed E-state index contributed by atoms with van der Waals surface area (Å²) in [6, 6.07) is 2.98. The Hall–Kier alpha value is -1.60. The maximum Gasteiger partial charge on any atom is 0.266 e. The average Bonchev–Trinajstić information content (AvgIpc) is 2.77. The molecule has 0 aromatic carbocycles. The van der Waals surface area contributed by atoms with Gasteiger partial charge >= 0.3 is 0 Å². The van der Waals surface area contributed by atoms with Gasteiger partial charge < -0.3 is 4.74 Å². The quantitative estimate of drug-likeness (QED) is 0.811. The smallest absolute Gasteiger partial charge is 0.266 e. The second-order valence-corrected chi connectivity index (χ2v) is 6.63. The molecule has 0 aliphatic heterocycles. The van der Waals surface area contributed by atoms with E-state index in [1.807, 2.05) is 13.8 Å². The highest BCUT2D eigenvalue weighted by Gasteiger charge is 2.18. The molecule has 0 fully saturated rings. The van der Waals surface area contributed by atoms with Crippen molar-refractivity contribution in [3.8, 4) is 11.6 Å². The molecule has 0 atom stereocenters. The van der Waals surface area contributed by atoms with E-state index in [-0.39, 0.29) is 16.8 Å². The molecule has 2 aromatic rings. The molecule has 0 radical (unpaired) electrons. The van der Waals surface area contributed by atoms with Crippen LogP contribution in [0.25, 0.3) is 0 Å². The van der Waals surface area contributed by atoms with Crippen LogP contribution in [0.1, 0.15) is 19.9 Å². The highest BCUT2D eigenvalue weighted by Crippen LogP contribution is 2.28. The van der Waals surface area contributed by atoms with Gasteiger partial charge in [0, 0.05) is 22.9 Å². The number of aromatic nitrogens is 3. The van der Waals surface area contributed by atoms with E-state index < -0.39 is 9.05 Å². The molecule has 19 heavy (non-hydrogen) atoms. The molecule has 8 heteroatoms. The molecule has 0 aliphatic carbocycles. The summed E-state index contributed by atoms with van der Waals surface area (Å²) >= 11 is 0. The monoisotopic (exact) mass is 301 g/mol. The van der Waals surface area contributed by atoms with Crippen molar-refractivity contribution >= 4 is 19.7 Å². The van der Waals surface area contributed by atoms with E-state index in [0.717, 1.165) is 0 Å². The lowest BCUT2D eigenvalue weighted by molar-refractivity contribution is 0.445. The zero-order chi connectivity index (χ0) is 14.0. The Morgan fingerprint density at radius 3 is 2.74 bits per heavy atom. The third kappa shape index (κ3) is 3.24. The molecule has 0 aliphatic rings. The summed E-state index contributed by atoms with van der Waals surface area (Å²) in [5, 5.41) is 4.09. The lowest BCUT2D eigenvalue weighted by Crippen LogP contribution is -2.00. The van der Waals surface area contributed by atoms with Crippen LogP contribution >= 0.6 is 10.7 Å². The van der Waals surface area contributed by atoms with Gasteiger partial charge in [0.15, 0.2) is 5.75 Å². The molecular formula is C11H12ClN3O3S. The number of halogens is 1. The Morgan fingerprint density at radius 2 is 2.16 bits per heavy atom. The van der Waals surface area contributed by atoms with Crippen LogP contribution < -0.4 is 4.74 Å². The van der Waals surface area contributed by atoms with Gasteiger partial charge in [0.2, 0.25) is 5.88 Å². The molecule has 0 N–H and O–H groups in total. The maximum atomic E-state index is 11.4. The number of hydrogen-bond acceptors (Lipinski definition) is 5. The molecule has 2 rings (SSSR count). The summed E-state index contributed by atoms with van der Waals surface area (Å²) in [5.41, 5.74) is 0. The summed E-state index contributed by atoms with van der Waals surface area (Å²) in [6.07, 6.45) is 4.57. The summed E-state index contributed by atoms with van der Waals surface area (Å²) in [4.78, 5) is 3.70. The highest BCUT2D eigenvalue weighted by molar-refractivity contribution is 8.13. The predicted octanol–water partition coefficient (Wildman–Crippen LogP) is 2.58. The van der Waals surface area contributed by atoms with Crippen molar-refractivity contribution in [1.29, 1.82) is 0 Å². The lowest BCUT2D eigenvalue weighted by atomic mass is 10.4. The fourth-order valence-corrected chi connectivity index (χ4v) is 2.30. The van der Waals surface area contributed by atoms with E-state index >= 15 is 0 Å². The number of nitrogens with zero attached hydrogens (tertiary/aromatic N) is 3. The Kier molecular flexibility index (Phi) is 3.77. The van der Waals surface area contributed by atoms with Crippen LogP contribution in [0.3, 0.4) is 0 Å². The van der Waals surface area contributed by atoms with Crippen LogP contribution in [-0.2, 0) is 9.05 Å². The molecule has 0 saturated carbocycles. The first-order valence-electron chi connectivity index (χ1n) is 5.49. The molecule has 2 heterocycles. The van der Waals surface area contributed by atoms with Gasteiger partial charge in [0.05, 0.1) is 12.4 Å². The minimum absolute atomic E-state index is 0.0687. The molecular weight excluding hydrogens is 290 g/mol. The maximum absolute atomic E-state index is 11.4. The van der Waals surface area contributed by atoms with Gasteiger partial charge in [-0.2, -0.15) is 5.10 Å². The standard InChI is InChI=1S/C11H12ClN3O3S/c1-8(2)15-7-9(6-14-15)18-11-10(19(12,16)17)4-3-5-13-11/h3-8H,1-2H3. The van der Waals surface area contributed by atoms with Gasteiger partial charge in [-0.1, -0.05) is 0 Å². The van der Waals surface area contributed by atoms with E-state index in [1.165, 1.54) is 24.5 Å². The van der Waals surface area contributed by atoms with Crippen molar-refractivity contribution in [1.82, 2.24) is 14.8 Å². The van der Waals surface area contributed by atoms with Gasteiger partial charge in [-0.05, 0) is 26.0 Å². The Morgan fingerprint density at radius 1 is 1.42 bits per heavy atom. The second-order valence-electron chi connectivity index (χ2n) is 4.10. The Balaban J connectivity index is 2.33. The zero-order valence-corrected chi connectivity index (χ0v) is 11.9. The Labute approximate surface area is 115 Å². The lowest BCUT2D eigenvalue weighted by Gasteiger charge is -2.06. The third-order valence-electron chi connectivity index (χ3n) is 2.32. The topological polar surface area (TPSA) is 74.1 Å². The van der Waals surface area contributed by atoms with Crippen LogP contribution in [0, 0.1) is 0 Å². The summed E-state index contributed by atoms with van der Waals surface area (Å²) in [5.74, 6) is 0.328. The van der Waals surface area contributed by atoms with Crippen molar-refractivity contribution < 1.29 is 13.2 Å². The predicted molar refractivity (Wildman–Crippen MR) is 70.0 cm³/mol. The van der Waals surface area contributed by atoms with E-state index in [9.17, 15) is 8.42 Å². The largest absolute Gasteiger partial charge is 0.434 e. The van der Waals surface area contributed by atoms with Gasteiger partial charge in [0.25, 0.3) is 9.05 Å². The van der Waals surface area contributed by atoms with Gasteiger partial charge in [0.1, 0.15) is 4.90 Å². The average molecular weight is 302 g/mol. The van der Waals surface area contributed by atoms with Gasteiger partial charge in [-0.3, -0.25) is 4.68 Å². The Bertz CT molecular complexity index is 682. The number of rotatable bonds is 4. The third-order valence-corrected chi connectivity index (χ3v) is 3.66. The first-order chi connectivity index (χ1) is 8.88.